The van der Waals surface area contributed by atoms with E-state index in [2.05, 4.69) is 57.8 Å². The fraction of sp³-hybridized carbons (Fsp3) is 0.765. The summed E-state index contributed by atoms with van der Waals surface area (Å²) in [6, 6.07) is 2.37. The molecule has 0 radical (unpaired) electrons. The van der Waals surface area contributed by atoms with Gasteiger partial charge in [0.25, 0.3) is 0 Å². The molecule has 1 aromatic heterocycles. The summed E-state index contributed by atoms with van der Waals surface area (Å²) in [4.78, 5) is 5.43. The number of morpholine rings is 1. The van der Waals surface area contributed by atoms with Gasteiger partial charge in [-0.1, -0.05) is 6.92 Å². The maximum absolute atomic E-state index is 6.17. The molecule has 1 aliphatic heterocycles. The van der Waals surface area contributed by atoms with Gasteiger partial charge in [0.1, 0.15) is 0 Å². The largest absolute Gasteiger partial charge is 0.367 e. The van der Waals surface area contributed by atoms with Crippen LogP contribution in [0.3, 0.4) is 0 Å². The van der Waals surface area contributed by atoms with Crippen molar-refractivity contribution >= 4 is 11.3 Å². The summed E-state index contributed by atoms with van der Waals surface area (Å²) in [6.07, 6.45) is 0. The number of hydrogen-bond donors (Lipinski definition) is 1. The van der Waals surface area contributed by atoms with E-state index in [1.165, 1.54) is 15.3 Å². The Kier molecular flexibility index (Phi) is 5.14. The molecule has 4 heteroatoms. The molecule has 0 amide bonds. The van der Waals surface area contributed by atoms with Crippen molar-refractivity contribution in [2.75, 3.05) is 19.6 Å². The third-order valence-electron chi connectivity index (χ3n) is 3.78. The third kappa shape index (κ3) is 4.78. The summed E-state index contributed by atoms with van der Waals surface area (Å²) >= 11 is 1.92. The highest BCUT2D eigenvalue weighted by Gasteiger charge is 2.38. The second kappa shape index (κ2) is 6.37. The van der Waals surface area contributed by atoms with Crippen molar-refractivity contribution < 1.29 is 4.74 Å². The molecule has 0 unspecified atom stereocenters. The molecule has 1 fully saturated rings. The second-order valence-electron chi connectivity index (χ2n) is 7.34. The van der Waals surface area contributed by atoms with Gasteiger partial charge in [-0.15, -0.1) is 11.3 Å². The smallest absolute Gasteiger partial charge is 0.0760 e. The van der Waals surface area contributed by atoms with Crippen molar-refractivity contribution in [3.63, 3.8) is 0 Å². The molecule has 1 saturated heterocycles. The Bertz CT molecular complexity index is 463. The van der Waals surface area contributed by atoms with Crippen molar-refractivity contribution in [2.24, 2.45) is 0 Å². The molecule has 2 rings (SSSR count). The van der Waals surface area contributed by atoms with Gasteiger partial charge < -0.3 is 10.1 Å². The predicted octanol–water partition coefficient (Wildman–Crippen LogP) is 3.56. The molecule has 1 N–H and O–H groups in total. The average Bonchev–Trinajstić information content (AvgIpc) is 2.63. The summed E-state index contributed by atoms with van der Waals surface area (Å²) < 4.78 is 6.17. The lowest BCUT2D eigenvalue weighted by Gasteiger charge is -2.47. The van der Waals surface area contributed by atoms with Crippen molar-refractivity contribution in [1.29, 1.82) is 0 Å². The Morgan fingerprint density at radius 2 is 1.86 bits per heavy atom. The summed E-state index contributed by atoms with van der Waals surface area (Å²) in [5, 5.41) is 3.41. The number of aryl methyl sites for hydroxylation is 1. The molecule has 21 heavy (non-hydrogen) atoms. The first-order valence-electron chi connectivity index (χ1n) is 7.92. The Hall–Kier alpha value is -0.420. The van der Waals surface area contributed by atoms with Gasteiger partial charge in [0.2, 0.25) is 0 Å². The summed E-state index contributed by atoms with van der Waals surface area (Å²) in [5.74, 6) is 0. The third-order valence-corrected chi connectivity index (χ3v) is 4.87. The number of hydrogen-bond acceptors (Lipinski definition) is 4. The van der Waals surface area contributed by atoms with Crippen LogP contribution in [0, 0.1) is 6.92 Å². The van der Waals surface area contributed by atoms with Gasteiger partial charge in [-0.25, -0.2) is 0 Å². The van der Waals surface area contributed by atoms with Gasteiger partial charge in [-0.3, -0.25) is 4.90 Å². The van der Waals surface area contributed by atoms with Gasteiger partial charge in [0, 0.05) is 35.9 Å². The Morgan fingerprint density at radius 3 is 2.43 bits per heavy atom. The van der Waals surface area contributed by atoms with Crippen molar-refractivity contribution in [3.05, 3.63) is 21.4 Å². The van der Waals surface area contributed by atoms with Gasteiger partial charge in [0.15, 0.2) is 0 Å². The molecule has 1 aliphatic rings. The lowest BCUT2D eigenvalue weighted by Crippen LogP contribution is -2.56. The average molecular weight is 311 g/mol. The number of rotatable bonds is 5. The zero-order valence-corrected chi connectivity index (χ0v) is 15.2. The van der Waals surface area contributed by atoms with Gasteiger partial charge in [-0.2, -0.15) is 0 Å². The minimum Gasteiger partial charge on any atom is -0.367 e. The summed E-state index contributed by atoms with van der Waals surface area (Å²) in [7, 11) is 0. The van der Waals surface area contributed by atoms with Gasteiger partial charge >= 0.3 is 0 Å². The van der Waals surface area contributed by atoms with E-state index in [1.807, 2.05) is 11.3 Å². The highest BCUT2D eigenvalue weighted by molar-refractivity contribution is 7.12. The monoisotopic (exact) mass is 310 g/mol. The standard InChI is InChI=1S/C17H30N2OS/c1-7-18-9-15-8-14(13(2)21-15)10-19-11-16(3,4)20-17(5,6)12-19/h8,18H,7,9-12H2,1-6H3. The lowest BCUT2D eigenvalue weighted by atomic mass is 9.98. The van der Waals surface area contributed by atoms with Gasteiger partial charge in [-0.05, 0) is 52.8 Å². The predicted molar refractivity (Wildman–Crippen MR) is 91.0 cm³/mol. The van der Waals surface area contributed by atoms with Crippen LogP contribution in [0.1, 0.15) is 49.9 Å². The zero-order chi connectivity index (χ0) is 15.7. The normalized spacial score (nSPS) is 21.6. The van der Waals surface area contributed by atoms with Gasteiger partial charge in [0.05, 0.1) is 11.2 Å². The number of nitrogens with one attached hydrogen (secondary N) is 1. The first kappa shape index (κ1) is 16.9. The molecule has 3 nitrogen and oxygen atoms in total. The fourth-order valence-electron chi connectivity index (χ4n) is 3.38. The van der Waals surface area contributed by atoms with Crippen LogP contribution in [0.5, 0.6) is 0 Å². The van der Waals surface area contributed by atoms with Crippen LogP contribution >= 0.6 is 11.3 Å². The summed E-state index contributed by atoms with van der Waals surface area (Å²) in [6.45, 7) is 18.2. The zero-order valence-electron chi connectivity index (χ0n) is 14.4. The molecule has 120 valence electrons. The first-order valence-corrected chi connectivity index (χ1v) is 8.74. The van der Waals surface area contributed by atoms with Crippen LogP contribution in [0.4, 0.5) is 0 Å². The molecular formula is C17H30N2OS. The van der Waals surface area contributed by atoms with Crippen LogP contribution < -0.4 is 5.32 Å². The number of ether oxygens (including phenoxy) is 1. The van der Waals surface area contributed by atoms with Crippen LogP contribution in [-0.4, -0.2) is 35.7 Å². The van der Waals surface area contributed by atoms with E-state index in [0.717, 1.165) is 32.7 Å². The minimum absolute atomic E-state index is 0.0712. The first-order chi connectivity index (χ1) is 9.71. The fourth-order valence-corrected chi connectivity index (χ4v) is 4.40. The maximum Gasteiger partial charge on any atom is 0.0760 e. The topological polar surface area (TPSA) is 24.5 Å². The molecule has 0 aromatic carbocycles. The van der Waals surface area contributed by atoms with Crippen molar-refractivity contribution in [3.8, 4) is 0 Å². The molecule has 0 aliphatic carbocycles. The van der Waals surface area contributed by atoms with Crippen LogP contribution in [0.15, 0.2) is 6.07 Å². The molecule has 1 aromatic rings. The highest BCUT2D eigenvalue weighted by Crippen LogP contribution is 2.30. The van der Waals surface area contributed by atoms with E-state index in [0.29, 0.717) is 0 Å². The molecule has 0 saturated carbocycles. The molecule has 2 heterocycles. The van der Waals surface area contributed by atoms with Crippen LogP contribution in [0.25, 0.3) is 0 Å². The maximum atomic E-state index is 6.17. The van der Waals surface area contributed by atoms with Crippen LogP contribution in [-0.2, 0) is 17.8 Å². The quantitative estimate of drug-likeness (QED) is 0.900. The second-order valence-corrected chi connectivity index (χ2v) is 8.68. The lowest BCUT2D eigenvalue weighted by molar-refractivity contribution is -0.182. The van der Waals surface area contributed by atoms with E-state index in [1.54, 1.807) is 0 Å². The highest BCUT2D eigenvalue weighted by atomic mass is 32.1. The van der Waals surface area contributed by atoms with E-state index in [4.69, 9.17) is 4.74 Å². The van der Waals surface area contributed by atoms with E-state index in [9.17, 15) is 0 Å². The van der Waals surface area contributed by atoms with E-state index < -0.39 is 0 Å². The van der Waals surface area contributed by atoms with Crippen LogP contribution in [0.2, 0.25) is 0 Å². The molecule has 0 atom stereocenters. The van der Waals surface area contributed by atoms with Crippen molar-refractivity contribution in [2.45, 2.75) is 65.8 Å². The molecule has 0 bridgehead atoms. The molecular weight excluding hydrogens is 280 g/mol. The Labute approximate surface area is 133 Å². The van der Waals surface area contributed by atoms with E-state index >= 15 is 0 Å². The SMILES string of the molecule is CCNCc1cc(CN2CC(C)(C)OC(C)(C)C2)c(C)s1. The Balaban J connectivity index is 2.05. The molecule has 0 spiro atoms. The summed E-state index contributed by atoms with van der Waals surface area (Å²) in [5.41, 5.74) is 1.33. The van der Waals surface area contributed by atoms with Crippen molar-refractivity contribution in [1.82, 2.24) is 10.2 Å². The minimum atomic E-state index is -0.0712. The number of thiophene rings is 1. The Morgan fingerprint density at radius 1 is 1.24 bits per heavy atom. The number of nitrogens with zero attached hydrogens (tertiary/aromatic N) is 1. The van der Waals surface area contributed by atoms with E-state index in [-0.39, 0.29) is 11.2 Å².